The van der Waals surface area contributed by atoms with Gasteiger partial charge in [0.2, 0.25) is 0 Å². The van der Waals surface area contributed by atoms with E-state index in [1.165, 1.54) is 13.3 Å². The molecule has 7 nitrogen and oxygen atoms in total. The number of hydrogen-bond acceptors (Lipinski definition) is 5. The SMILES string of the molecule is CC(=O)c1cccc(NC(=O)Nc2c(NC3CCCCC3)c3ccccc3oc2=O)c1. The molecule has 0 spiro atoms. The van der Waals surface area contributed by atoms with Gasteiger partial charge in [-0.15, -0.1) is 0 Å². The van der Waals surface area contributed by atoms with Crippen LogP contribution in [-0.4, -0.2) is 17.9 Å². The Morgan fingerprint density at radius 1 is 0.935 bits per heavy atom. The Bertz CT molecular complexity index is 1180. The quantitative estimate of drug-likeness (QED) is 0.381. The molecule has 3 aromatic rings. The zero-order chi connectivity index (χ0) is 21.8. The van der Waals surface area contributed by atoms with E-state index < -0.39 is 11.7 Å². The highest BCUT2D eigenvalue weighted by Gasteiger charge is 2.21. The molecule has 4 rings (SSSR count). The number of amides is 2. The number of nitrogens with one attached hydrogen (secondary N) is 3. The molecule has 1 saturated carbocycles. The molecule has 1 heterocycles. The van der Waals surface area contributed by atoms with Gasteiger partial charge in [0.05, 0.1) is 5.69 Å². The van der Waals surface area contributed by atoms with Crippen LogP contribution in [0.15, 0.2) is 57.7 Å². The van der Waals surface area contributed by atoms with Crippen molar-refractivity contribution in [3.63, 3.8) is 0 Å². The van der Waals surface area contributed by atoms with Gasteiger partial charge in [-0.2, -0.15) is 0 Å². The largest absolute Gasteiger partial charge is 0.421 e. The van der Waals surface area contributed by atoms with Gasteiger partial charge in [0.25, 0.3) is 0 Å². The van der Waals surface area contributed by atoms with Crippen LogP contribution >= 0.6 is 0 Å². The van der Waals surface area contributed by atoms with Gasteiger partial charge < -0.3 is 15.1 Å². The van der Waals surface area contributed by atoms with Gasteiger partial charge in [0.15, 0.2) is 11.5 Å². The number of Topliss-reactive ketones (excluding diaryl/α,β-unsaturated/α-hetero) is 1. The first kappa shape index (κ1) is 20.7. The van der Waals surface area contributed by atoms with Crippen molar-refractivity contribution < 1.29 is 14.0 Å². The van der Waals surface area contributed by atoms with Crippen molar-refractivity contribution in [2.75, 3.05) is 16.0 Å². The Kier molecular flexibility index (Phi) is 6.02. The highest BCUT2D eigenvalue weighted by Crippen LogP contribution is 2.32. The van der Waals surface area contributed by atoms with Gasteiger partial charge in [-0.05, 0) is 44.0 Å². The minimum Gasteiger partial charge on any atom is -0.421 e. The van der Waals surface area contributed by atoms with Crippen molar-refractivity contribution in [1.29, 1.82) is 0 Å². The number of para-hydroxylation sites is 1. The first-order valence-corrected chi connectivity index (χ1v) is 10.5. The van der Waals surface area contributed by atoms with Crippen LogP contribution in [0.25, 0.3) is 11.0 Å². The molecule has 1 fully saturated rings. The maximum absolute atomic E-state index is 12.7. The second-order valence-electron chi connectivity index (χ2n) is 7.83. The Balaban J connectivity index is 1.64. The van der Waals surface area contributed by atoms with Gasteiger partial charge >= 0.3 is 11.7 Å². The molecule has 2 amide bonds. The maximum Gasteiger partial charge on any atom is 0.362 e. The van der Waals surface area contributed by atoms with E-state index in [9.17, 15) is 14.4 Å². The van der Waals surface area contributed by atoms with Crippen molar-refractivity contribution >= 4 is 39.8 Å². The van der Waals surface area contributed by atoms with Gasteiger partial charge in [-0.1, -0.05) is 43.5 Å². The molecule has 3 N–H and O–H groups in total. The molecule has 1 aliphatic rings. The lowest BCUT2D eigenvalue weighted by Gasteiger charge is -2.25. The van der Waals surface area contributed by atoms with Gasteiger partial charge in [-0.3, -0.25) is 10.1 Å². The van der Waals surface area contributed by atoms with Crippen molar-refractivity contribution in [2.45, 2.75) is 45.1 Å². The zero-order valence-electron chi connectivity index (χ0n) is 17.4. The highest BCUT2D eigenvalue weighted by molar-refractivity contribution is 6.06. The molecule has 160 valence electrons. The minimum absolute atomic E-state index is 0.0736. The summed E-state index contributed by atoms with van der Waals surface area (Å²) in [5, 5.41) is 9.55. The second-order valence-corrected chi connectivity index (χ2v) is 7.83. The zero-order valence-corrected chi connectivity index (χ0v) is 17.4. The standard InChI is InChI=1S/C24H25N3O4/c1-15(28)16-8-7-11-18(14-16)26-24(30)27-22-21(25-17-9-3-2-4-10-17)19-12-5-6-13-20(19)31-23(22)29/h5-8,11-14,17,25H,2-4,9-10H2,1H3,(H2,26,27,30). The summed E-state index contributed by atoms with van der Waals surface area (Å²) >= 11 is 0. The number of benzene rings is 2. The summed E-state index contributed by atoms with van der Waals surface area (Å²) in [7, 11) is 0. The molecule has 0 aliphatic heterocycles. The lowest BCUT2D eigenvalue weighted by atomic mass is 9.95. The summed E-state index contributed by atoms with van der Waals surface area (Å²) in [4.78, 5) is 37.0. The van der Waals surface area contributed by atoms with Crippen LogP contribution in [-0.2, 0) is 0 Å². The van der Waals surface area contributed by atoms with E-state index in [4.69, 9.17) is 4.42 Å². The van der Waals surface area contributed by atoms with Crippen molar-refractivity contribution in [1.82, 2.24) is 0 Å². The van der Waals surface area contributed by atoms with Crippen LogP contribution < -0.4 is 21.6 Å². The first-order chi connectivity index (χ1) is 15.0. The normalized spacial score (nSPS) is 14.2. The van der Waals surface area contributed by atoms with Crippen molar-refractivity contribution in [3.05, 3.63) is 64.5 Å². The summed E-state index contributed by atoms with van der Waals surface area (Å²) in [6.07, 6.45) is 5.50. The predicted molar refractivity (Wildman–Crippen MR) is 122 cm³/mol. The summed E-state index contributed by atoms with van der Waals surface area (Å²) < 4.78 is 5.44. The number of rotatable bonds is 5. The Morgan fingerprint density at radius 2 is 1.71 bits per heavy atom. The van der Waals surface area contributed by atoms with E-state index in [-0.39, 0.29) is 17.5 Å². The van der Waals surface area contributed by atoms with Crippen LogP contribution in [0.2, 0.25) is 0 Å². The van der Waals surface area contributed by atoms with E-state index in [1.54, 1.807) is 36.4 Å². The smallest absolute Gasteiger partial charge is 0.362 e. The van der Waals surface area contributed by atoms with E-state index in [0.29, 0.717) is 22.5 Å². The average molecular weight is 419 g/mol. The third-order valence-corrected chi connectivity index (χ3v) is 5.53. The monoisotopic (exact) mass is 419 g/mol. The lowest BCUT2D eigenvalue weighted by Crippen LogP contribution is -2.27. The molecular weight excluding hydrogens is 394 g/mol. The van der Waals surface area contributed by atoms with Crippen molar-refractivity contribution in [2.24, 2.45) is 0 Å². The number of carbonyl (C=O) groups excluding carboxylic acids is 2. The maximum atomic E-state index is 12.7. The molecule has 1 aromatic heterocycles. The number of anilines is 3. The number of ketones is 1. The van der Waals surface area contributed by atoms with Gasteiger partial charge in [0.1, 0.15) is 5.58 Å². The molecule has 1 aliphatic carbocycles. The molecular formula is C24H25N3O4. The van der Waals surface area contributed by atoms with E-state index in [2.05, 4.69) is 16.0 Å². The summed E-state index contributed by atoms with van der Waals surface area (Å²) in [5.41, 5.74) is 1.44. The van der Waals surface area contributed by atoms with E-state index >= 15 is 0 Å². The van der Waals surface area contributed by atoms with Crippen LogP contribution in [0.1, 0.15) is 49.4 Å². The van der Waals surface area contributed by atoms with Crippen LogP contribution in [0.5, 0.6) is 0 Å². The van der Waals surface area contributed by atoms with E-state index in [0.717, 1.165) is 31.1 Å². The molecule has 0 unspecified atom stereocenters. The fraction of sp³-hybridized carbons (Fsp3) is 0.292. The molecule has 31 heavy (non-hydrogen) atoms. The second kappa shape index (κ2) is 9.04. The number of carbonyl (C=O) groups is 2. The number of hydrogen-bond donors (Lipinski definition) is 3. The van der Waals surface area contributed by atoms with Crippen LogP contribution in [0.4, 0.5) is 21.9 Å². The summed E-state index contributed by atoms with van der Waals surface area (Å²) in [6, 6.07) is 13.5. The molecule has 0 radical (unpaired) electrons. The highest BCUT2D eigenvalue weighted by atomic mass is 16.4. The Morgan fingerprint density at radius 3 is 2.48 bits per heavy atom. The molecule has 0 atom stereocenters. The van der Waals surface area contributed by atoms with Crippen molar-refractivity contribution in [3.8, 4) is 0 Å². The lowest BCUT2D eigenvalue weighted by molar-refractivity contribution is 0.101. The third kappa shape index (κ3) is 4.77. The average Bonchev–Trinajstić information content (AvgIpc) is 2.77. The Hall–Kier alpha value is -3.61. The third-order valence-electron chi connectivity index (χ3n) is 5.53. The fourth-order valence-electron chi connectivity index (χ4n) is 3.96. The molecule has 0 saturated heterocycles. The predicted octanol–water partition coefficient (Wildman–Crippen LogP) is 5.38. The molecule has 7 heteroatoms. The summed E-state index contributed by atoms with van der Waals surface area (Å²) in [6.45, 7) is 1.46. The minimum atomic E-state index is -0.621. The summed E-state index contributed by atoms with van der Waals surface area (Å²) in [5.74, 6) is -0.0989. The van der Waals surface area contributed by atoms with Gasteiger partial charge in [-0.25, -0.2) is 9.59 Å². The Labute approximate surface area is 179 Å². The van der Waals surface area contributed by atoms with Gasteiger partial charge in [0, 0.05) is 22.7 Å². The topological polar surface area (TPSA) is 100 Å². The molecule has 2 aromatic carbocycles. The van der Waals surface area contributed by atoms with Crippen LogP contribution in [0, 0.1) is 0 Å². The van der Waals surface area contributed by atoms with Crippen LogP contribution in [0.3, 0.4) is 0 Å². The van der Waals surface area contributed by atoms with E-state index in [1.807, 2.05) is 12.1 Å². The first-order valence-electron chi connectivity index (χ1n) is 10.5. The number of urea groups is 1. The fourth-order valence-corrected chi connectivity index (χ4v) is 3.96. The molecule has 0 bridgehead atoms. The number of fused-ring (bicyclic) bond motifs is 1.